The number of amides is 6. The van der Waals surface area contributed by atoms with Crippen LogP contribution in [-0.4, -0.2) is 213 Å². The van der Waals surface area contributed by atoms with Gasteiger partial charge >= 0.3 is 6.09 Å². The molecule has 1 fully saturated rings. The SMILES string of the molecule is CCCCCOc1cc2c(cc1OC)C(=O)N1C=C(C)C[C@H]1[C@H](O)N2C(=O)OCc1ccc(CC(=O)[C@H](C)NC(=O)[C@@H](CC(=O)CCOCCOCCOCCOCCOCCOCCOCCOCCNC(=O)CCN2C(=O)CC(C)C2=O)C(C)C)cc1. The van der Waals surface area contributed by atoms with Crippen molar-refractivity contribution < 1.29 is 95.6 Å². The molecule has 2 aromatic rings. The number of nitrogens with one attached hydrogen (secondary N) is 2. The molecular formula is C64H95N5O20. The maximum absolute atomic E-state index is 14.0. The average molecular weight is 1250 g/mol. The van der Waals surface area contributed by atoms with Crippen LogP contribution in [0.4, 0.5) is 10.5 Å². The van der Waals surface area contributed by atoms with E-state index in [0.717, 1.165) is 34.6 Å². The first-order chi connectivity index (χ1) is 42.9. The Kier molecular flexibility index (Phi) is 33.2. The molecule has 89 heavy (non-hydrogen) atoms. The molecule has 0 bridgehead atoms. The Hall–Kier alpha value is -6.42. The summed E-state index contributed by atoms with van der Waals surface area (Å²) in [5.41, 5.74) is 2.42. The predicted octanol–water partition coefficient (Wildman–Crippen LogP) is 5.13. The molecule has 0 aliphatic carbocycles. The fraction of sp³-hybridized carbons (Fsp3) is 0.656. The summed E-state index contributed by atoms with van der Waals surface area (Å²) in [6, 6.07) is 8.40. The maximum Gasteiger partial charge on any atom is 0.416 e. The molecule has 0 spiro atoms. The molecular weight excluding hydrogens is 1160 g/mol. The molecule has 1 saturated heterocycles. The molecule has 3 heterocycles. The Bertz CT molecular complexity index is 2600. The number of carbonyl (C=O) groups excluding carboxylic acids is 8. The van der Waals surface area contributed by atoms with Crippen LogP contribution in [0.2, 0.25) is 0 Å². The largest absolute Gasteiger partial charge is 0.493 e. The predicted molar refractivity (Wildman–Crippen MR) is 325 cm³/mol. The van der Waals surface area contributed by atoms with E-state index in [9.17, 15) is 43.5 Å². The van der Waals surface area contributed by atoms with Gasteiger partial charge in [0.05, 0.1) is 143 Å². The second-order valence-corrected chi connectivity index (χ2v) is 22.4. The van der Waals surface area contributed by atoms with Crippen LogP contribution in [0.5, 0.6) is 11.5 Å². The van der Waals surface area contributed by atoms with Crippen LogP contribution >= 0.6 is 0 Å². The number of fused-ring (bicyclic) bond motifs is 2. The lowest BCUT2D eigenvalue weighted by Gasteiger charge is -2.31. The summed E-state index contributed by atoms with van der Waals surface area (Å²) in [5, 5.41) is 17.2. The van der Waals surface area contributed by atoms with Gasteiger partial charge in [0.25, 0.3) is 5.91 Å². The van der Waals surface area contributed by atoms with E-state index < -0.39 is 36.2 Å². The highest BCUT2D eigenvalue weighted by Crippen LogP contribution is 2.42. The quantitative estimate of drug-likeness (QED) is 0.0572. The van der Waals surface area contributed by atoms with Crippen LogP contribution in [0.1, 0.15) is 114 Å². The number of aliphatic hydroxyl groups is 1. The van der Waals surface area contributed by atoms with Crippen LogP contribution < -0.4 is 25.0 Å². The number of ether oxygens (including phenoxy) is 11. The number of anilines is 1. The average Bonchev–Trinajstić information content (AvgIpc) is 4.18. The minimum absolute atomic E-state index is 0.00389. The van der Waals surface area contributed by atoms with Crippen molar-refractivity contribution in [3.8, 4) is 11.5 Å². The molecule has 0 radical (unpaired) electrons. The van der Waals surface area contributed by atoms with Crippen molar-refractivity contribution in [2.75, 3.05) is 137 Å². The van der Waals surface area contributed by atoms with Gasteiger partial charge in [-0.15, -0.1) is 0 Å². The number of methoxy groups -OCH3 is 1. The minimum atomic E-state index is -1.44. The van der Waals surface area contributed by atoms with Gasteiger partial charge < -0.3 is 72.7 Å². The number of likely N-dealkylation sites (tertiary alicyclic amines) is 1. The van der Waals surface area contributed by atoms with Crippen molar-refractivity contribution in [3.05, 3.63) is 64.9 Å². The van der Waals surface area contributed by atoms with Crippen molar-refractivity contribution >= 4 is 52.9 Å². The third-order valence-electron chi connectivity index (χ3n) is 15.0. The zero-order chi connectivity index (χ0) is 64.5. The normalized spacial score (nSPS) is 17.1. The number of hydrogen-bond donors (Lipinski definition) is 3. The summed E-state index contributed by atoms with van der Waals surface area (Å²) < 4.78 is 61.5. The number of carbonyl (C=O) groups is 8. The van der Waals surface area contributed by atoms with Gasteiger partial charge in [-0.2, -0.15) is 0 Å². The van der Waals surface area contributed by atoms with E-state index in [1.807, 2.05) is 20.8 Å². The molecule has 5 rings (SSSR count). The van der Waals surface area contributed by atoms with Gasteiger partial charge in [0.2, 0.25) is 23.6 Å². The molecule has 3 N–H and O–H groups in total. The Morgan fingerprint density at radius 2 is 1.26 bits per heavy atom. The molecule has 3 aliphatic heterocycles. The molecule has 6 amide bonds. The van der Waals surface area contributed by atoms with Crippen molar-refractivity contribution in [1.82, 2.24) is 20.4 Å². The first-order valence-corrected chi connectivity index (χ1v) is 31.1. The topological polar surface area (TPSA) is 292 Å². The molecule has 3 aliphatic rings. The van der Waals surface area contributed by atoms with Gasteiger partial charge in [0.1, 0.15) is 12.4 Å². The van der Waals surface area contributed by atoms with Crippen LogP contribution in [0.3, 0.4) is 0 Å². The number of aliphatic hydroxyl groups excluding tert-OH is 1. The smallest absolute Gasteiger partial charge is 0.416 e. The number of rotatable bonds is 46. The summed E-state index contributed by atoms with van der Waals surface area (Å²) >= 11 is 0. The standard InChI is InChI=1S/C64H95N5O20/c1-8-9-10-19-88-57-41-53-52(40-56(57)79-7)62(76)68-42-45(4)36-54(68)63(77)69(53)64(78)89-43-49-13-11-48(12-14-49)38-55(71)47(6)66-60(74)51(44(2)3)39-50(70)16-20-80-22-24-82-26-28-84-30-32-86-34-35-87-33-31-85-29-27-83-25-23-81-21-17-65-58(72)15-18-67-59(73)37-46(5)61(67)75/h11-14,40-42,44,46-47,51,54,63,77H,8-10,15-39,43H2,1-7H3,(H,65,72)(H,66,74)/t46?,47-,51-,54-,63-/m0/s1. The lowest BCUT2D eigenvalue weighted by molar-refractivity contribution is -0.139. The van der Waals surface area contributed by atoms with E-state index >= 15 is 0 Å². The van der Waals surface area contributed by atoms with Crippen LogP contribution in [0, 0.1) is 17.8 Å². The number of nitrogens with zero attached hydrogens (tertiary/aromatic N) is 3. The van der Waals surface area contributed by atoms with Gasteiger partial charge in [-0.25, -0.2) is 9.69 Å². The third kappa shape index (κ3) is 25.1. The number of Topliss-reactive ketones (excluding diaryl/α,β-unsaturated/α-hetero) is 2. The zero-order valence-electron chi connectivity index (χ0n) is 53.1. The van der Waals surface area contributed by atoms with E-state index in [0.29, 0.717) is 135 Å². The number of imide groups is 1. The fourth-order valence-electron chi connectivity index (χ4n) is 9.84. The fourth-order valence-corrected chi connectivity index (χ4v) is 9.84. The summed E-state index contributed by atoms with van der Waals surface area (Å²) in [4.78, 5) is 107. The molecule has 5 atom stereocenters. The van der Waals surface area contributed by atoms with Gasteiger partial charge in [0, 0.05) is 69.3 Å². The summed E-state index contributed by atoms with van der Waals surface area (Å²) in [7, 11) is 1.47. The molecule has 0 saturated carbocycles. The molecule has 25 nitrogen and oxygen atoms in total. The van der Waals surface area contributed by atoms with E-state index in [1.165, 1.54) is 24.1 Å². The second kappa shape index (κ2) is 40.3. The van der Waals surface area contributed by atoms with Gasteiger partial charge in [-0.05, 0) is 49.8 Å². The van der Waals surface area contributed by atoms with Crippen molar-refractivity contribution in [1.29, 1.82) is 0 Å². The highest BCUT2D eigenvalue weighted by atomic mass is 16.6. The molecule has 1 unspecified atom stereocenters. The monoisotopic (exact) mass is 1250 g/mol. The second-order valence-electron chi connectivity index (χ2n) is 22.4. The number of ketones is 2. The Morgan fingerprint density at radius 3 is 1.80 bits per heavy atom. The Morgan fingerprint density at radius 1 is 0.697 bits per heavy atom. The highest BCUT2D eigenvalue weighted by molar-refractivity contribution is 6.06. The first kappa shape index (κ1) is 73.3. The molecule has 496 valence electrons. The van der Waals surface area contributed by atoms with E-state index in [2.05, 4.69) is 17.6 Å². The Balaban J connectivity index is 0.843. The Labute approximate surface area is 522 Å². The van der Waals surface area contributed by atoms with Gasteiger partial charge in [-0.3, -0.25) is 38.5 Å². The van der Waals surface area contributed by atoms with Gasteiger partial charge in [-0.1, -0.05) is 70.4 Å². The van der Waals surface area contributed by atoms with Crippen LogP contribution in [-0.2, 0) is 84.4 Å². The number of benzene rings is 2. The number of hydrogen-bond acceptors (Lipinski definition) is 20. The third-order valence-corrected chi connectivity index (χ3v) is 15.0. The first-order valence-electron chi connectivity index (χ1n) is 31.1. The van der Waals surface area contributed by atoms with Gasteiger partial charge in [0.15, 0.2) is 23.5 Å². The zero-order valence-corrected chi connectivity index (χ0v) is 53.1. The van der Waals surface area contributed by atoms with Crippen molar-refractivity contribution in [2.24, 2.45) is 17.8 Å². The van der Waals surface area contributed by atoms with Crippen molar-refractivity contribution in [3.63, 3.8) is 0 Å². The summed E-state index contributed by atoms with van der Waals surface area (Å²) in [6.45, 7) is 17.4. The lowest BCUT2D eigenvalue weighted by atomic mass is 9.88. The van der Waals surface area contributed by atoms with Crippen molar-refractivity contribution in [2.45, 2.75) is 124 Å². The summed E-state index contributed by atoms with van der Waals surface area (Å²) in [6.07, 6.45) is 2.86. The van der Waals surface area contributed by atoms with E-state index in [-0.39, 0.29) is 117 Å². The highest BCUT2D eigenvalue weighted by Gasteiger charge is 2.45. The van der Waals surface area contributed by atoms with E-state index in [4.69, 9.17) is 52.1 Å². The number of unbranched alkanes of at least 4 members (excludes halogenated alkanes) is 2. The minimum Gasteiger partial charge on any atom is -0.493 e. The molecule has 2 aromatic carbocycles. The lowest BCUT2D eigenvalue weighted by Crippen LogP contribution is -2.50. The summed E-state index contributed by atoms with van der Waals surface area (Å²) in [5.74, 6) is -2.35. The van der Waals surface area contributed by atoms with Crippen LogP contribution in [0.15, 0.2) is 48.2 Å². The maximum atomic E-state index is 14.0. The van der Waals surface area contributed by atoms with E-state index in [1.54, 1.807) is 44.3 Å². The van der Waals surface area contributed by atoms with Crippen LogP contribution in [0.25, 0.3) is 0 Å². The molecule has 25 heteroatoms. The molecule has 0 aromatic heterocycles.